The second-order valence-corrected chi connectivity index (χ2v) is 6.66. The van der Waals surface area contributed by atoms with Crippen LogP contribution >= 0.6 is 0 Å². The molecule has 1 heterocycles. The van der Waals surface area contributed by atoms with Crippen molar-refractivity contribution in [2.45, 2.75) is 31.7 Å². The molecule has 3 N–H and O–H groups in total. The lowest BCUT2D eigenvalue weighted by molar-refractivity contribution is -0.274. The molecular formula is C19H19BF3N3O4. The summed E-state index contributed by atoms with van der Waals surface area (Å²) in [5.41, 5.74) is 2.19. The molecule has 0 aliphatic heterocycles. The maximum atomic E-state index is 12.3. The van der Waals surface area contributed by atoms with E-state index < -0.39 is 25.3 Å². The van der Waals surface area contributed by atoms with Crippen molar-refractivity contribution in [2.75, 3.05) is 0 Å². The molecule has 7 nitrogen and oxygen atoms in total. The third kappa shape index (κ3) is 5.98. The van der Waals surface area contributed by atoms with Crippen LogP contribution < -0.4 is 10.1 Å². The van der Waals surface area contributed by atoms with Crippen LogP contribution in [-0.4, -0.2) is 44.9 Å². The van der Waals surface area contributed by atoms with Crippen LogP contribution in [0.4, 0.5) is 13.2 Å². The average Bonchev–Trinajstić information content (AvgIpc) is 3.09. The van der Waals surface area contributed by atoms with Gasteiger partial charge in [-0.1, -0.05) is 24.3 Å². The van der Waals surface area contributed by atoms with Gasteiger partial charge >= 0.3 is 13.5 Å². The summed E-state index contributed by atoms with van der Waals surface area (Å²) in [7, 11) is -1.84. The summed E-state index contributed by atoms with van der Waals surface area (Å²) in [5, 5.41) is 21.7. The molecule has 30 heavy (non-hydrogen) atoms. The number of hydrogen-bond acceptors (Lipinski definition) is 5. The number of hydrogen-bond donors (Lipinski definition) is 3. The molecule has 1 unspecified atom stereocenters. The van der Waals surface area contributed by atoms with Crippen molar-refractivity contribution in [3.8, 4) is 5.75 Å². The predicted octanol–water partition coefficient (Wildman–Crippen LogP) is 2.06. The van der Waals surface area contributed by atoms with E-state index in [2.05, 4.69) is 15.0 Å². The lowest BCUT2D eigenvalue weighted by Crippen LogP contribution is -2.48. The number of halogens is 3. The lowest BCUT2D eigenvalue weighted by atomic mass is 9.76. The molecule has 0 bridgehead atoms. The first-order valence-corrected chi connectivity index (χ1v) is 9.11. The number of amides is 1. The fourth-order valence-electron chi connectivity index (χ4n) is 3.00. The zero-order chi connectivity index (χ0) is 21.7. The van der Waals surface area contributed by atoms with Gasteiger partial charge in [0.1, 0.15) is 5.75 Å². The number of benzene rings is 2. The Labute approximate surface area is 170 Å². The van der Waals surface area contributed by atoms with Crippen LogP contribution in [0.3, 0.4) is 0 Å². The first kappa shape index (κ1) is 21.7. The summed E-state index contributed by atoms with van der Waals surface area (Å²) in [6.07, 6.45) is -3.06. The lowest BCUT2D eigenvalue weighted by Gasteiger charge is -2.18. The van der Waals surface area contributed by atoms with E-state index in [1.54, 1.807) is 6.33 Å². The molecule has 0 aliphatic carbocycles. The maximum Gasteiger partial charge on any atom is 0.573 e. The fourth-order valence-corrected chi connectivity index (χ4v) is 3.00. The molecule has 158 valence electrons. The van der Waals surface area contributed by atoms with E-state index in [9.17, 15) is 28.0 Å². The molecule has 0 spiro atoms. The quantitative estimate of drug-likeness (QED) is 0.484. The fraction of sp³-hybridized carbons (Fsp3) is 0.263. The van der Waals surface area contributed by atoms with Gasteiger partial charge in [-0.2, -0.15) is 0 Å². The van der Waals surface area contributed by atoms with Gasteiger partial charge < -0.3 is 24.7 Å². The van der Waals surface area contributed by atoms with Crippen molar-refractivity contribution in [3.05, 3.63) is 60.4 Å². The second kappa shape index (κ2) is 9.18. The minimum Gasteiger partial charge on any atom is -0.426 e. The number of alkyl halides is 3. The average molecular weight is 421 g/mol. The number of carbonyl (C=O) groups excluding carboxylic acids is 1. The molecule has 0 fully saturated rings. The molecule has 3 rings (SSSR count). The van der Waals surface area contributed by atoms with E-state index in [-0.39, 0.29) is 18.6 Å². The zero-order valence-electron chi connectivity index (χ0n) is 15.7. The van der Waals surface area contributed by atoms with Crippen LogP contribution in [0.15, 0.2) is 54.9 Å². The van der Waals surface area contributed by atoms with Gasteiger partial charge in [0.25, 0.3) is 0 Å². The Morgan fingerprint density at radius 2 is 1.87 bits per heavy atom. The van der Waals surface area contributed by atoms with Crippen LogP contribution in [-0.2, 0) is 17.8 Å². The van der Waals surface area contributed by atoms with Crippen LogP contribution in [0, 0.1) is 0 Å². The summed E-state index contributed by atoms with van der Waals surface area (Å²) in [6, 6.07) is 12.4. The minimum absolute atomic E-state index is 0.0176. The largest absolute Gasteiger partial charge is 0.573 e. The molecule has 1 aromatic heterocycles. The number of aromatic nitrogens is 2. The van der Waals surface area contributed by atoms with Crippen molar-refractivity contribution in [1.29, 1.82) is 0 Å². The summed E-state index contributed by atoms with van der Waals surface area (Å²) in [6.45, 7) is 0.351. The number of para-hydroxylation sites is 2. The standard InChI is InChI=1S/C19H19BF3N3O4/c21-19(22,23)30-14-7-5-13(6-8-14)11-17(20(28)29)25-18(27)9-10-26-12-24-15-3-1-2-4-16(15)26/h1-8,12,17,28-29H,9-11H2,(H,25,27). The van der Waals surface area contributed by atoms with Gasteiger partial charge in [-0.25, -0.2) is 4.98 Å². The Balaban J connectivity index is 1.56. The molecule has 3 aromatic rings. The van der Waals surface area contributed by atoms with Crippen LogP contribution in [0.2, 0.25) is 0 Å². The molecule has 1 atom stereocenters. The van der Waals surface area contributed by atoms with Gasteiger partial charge in [0.15, 0.2) is 0 Å². The predicted molar refractivity (Wildman–Crippen MR) is 103 cm³/mol. The molecule has 0 radical (unpaired) electrons. The van der Waals surface area contributed by atoms with E-state index >= 15 is 0 Å². The summed E-state index contributed by atoms with van der Waals surface area (Å²) < 4.78 is 42.3. The molecule has 1 amide bonds. The van der Waals surface area contributed by atoms with Crippen molar-refractivity contribution < 1.29 is 32.8 Å². The summed E-state index contributed by atoms with van der Waals surface area (Å²) in [5.74, 6) is -1.81. The van der Waals surface area contributed by atoms with Gasteiger partial charge in [-0.15, -0.1) is 13.2 Å². The number of nitrogens with zero attached hydrogens (tertiary/aromatic N) is 2. The topological polar surface area (TPSA) is 96.6 Å². The molecule has 2 aromatic carbocycles. The first-order chi connectivity index (χ1) is 14.2. The number of ether oxygens (including phenoxy) is 1. The van der Waals surface area contributed by atoms with Gasteiger partial charge in [0, 0.05) is 13.0 Å². The van der Waals surface area contributed by atoms with Gasteiger partial charge in [0.2, 0.25) is 5.91 Å². The van der Waals surface area contributed by atoms with E-state index in [1.165, 1.54) is 12.1 Å². The number of imidazole rings is 1. The monoisotopic (exact) mass is 421 g/mol. The third-order valence-electron chi connectivity index (χ3n) is 4.43. The Hall–Kier alpha value is -3.05. The molecule has 0 saturated heterocycles. The Morgan fingerprint density at radius 1 is 1.17 bits per heavy atom. The zero-order valence-corrected chi connectivity index (χ0v) is 15.7. The minimum atomic E-state index is -4.79. The highest BCUT2D eigenvalue weighted by atomic mass is 19.4. The molecule has 0 saturated carbocycles. The van der Waals surface area contributed by atoms with Crippen LogP contribution in [0.1, 0.15) is 12.0 Å². The van der Waals surface area contributed by atoms with E-state index in [0.717, 1.165) is 23.2 Å². The number of carbonyl (C=O) groups is 1. The smallest absolute Gasteiger partial charge is 0.426 e. The van der Waals surface area contributed by atoms with Gasteiger partial charge in [-0.05, 0) is 36.2 Å². The van der Waals surface area contributed by atoms with Crippen molar-refractivity contribution in [1.82, 2.24) is 14.9 Å². The second-order valence-electron chi connectivity index (χ2n) is 6.66. The number of aryl methyl sites for hydroxylation is 1. The Morgan fingerprint density at radius 3 is 2.53 bits per heavy atom. The number of rotatable bonds is 8. The highest BCUT2D eigenvalue weighted by Gasteiger charge is 2.31. The molecular weight excluding hydrogens is 402 g/mol. The van der Waals surface area contributed by atoms with E-state index in [4.69, 9.17) is 0 Å². The Kier molecular flexibility index (Phi) is 6.63. The van der Waals surface area contributed by atoms with Gasteiger partial charge in [-0.3, -0.25) is 4.79 Å². The van der Waals surface area contributed by atoms with Crippen LogP contribution in [0.5, 0.6) is 5.75 Å². The normalized spacial score (nSPS) is 12.6. The van der Waals surface area contributed by atoms with Crippen molar-refractivity contribution in [3.63, 3.8) is 0 Å². The molecule has 0 aliphatic rings. The van der Waals surface area contributed by atoms with Gasteiger partial charge in [0.05, 0.1) is 23.3 Å². The molecule has 11 heteroatoms. The Bertz CT molecular complexity index is 993. The van der Waals surface area contributed by atoms with E-state index in [1.807, 2.05) is 28.8 Å². The van der Waals surface area contributed by atoms with Crippen LogP contribution in [0.25, 0.3) is 11.0 Å². The summed E-state index contributed by atoms with van der Waals surface area (Å²) in [4.78, 5) is 16.5. The van der Waals surface area contributed by atoms with E-state index in [0.29, 0.717) is 12.1 Å². The van der Waals surface area contributed by atoms with Crippen molar-refractivity contribution >= 4 is 24.1 Å². The third-order valence-corrected chi connectivity index (χ3v) is 4.43. The maximum absolute atomic E-state index is 12.3. The number of fused-ring (bicyclic) bond motifs is 1. The van der Waals surface area contributed by atoms with Crippen molar-refractivity contribution in [2.24, 2.45) is 0 Å². The number of nitrogens with one attached hydrogen (secondary N) is 1. The highest BCUT2D eigenvalue weighted by Crippen LogP contribution is 2.23. The summed E-state index contributed by atoms with van der Waals surface area (Å²) >= 11 is 0. The highest BCUT2D eigenvalue weighted by molar-refractivity contribution is 6.43. The SMILES string of the molecule is O=C(CCn1cnc2ccccc21)NC(Cc1ccc(OC(F)(F)F)cc1)B(O)O. The first-order valence-electron chi connectivity index (χ1n) is 9.11.